The van der Waals surface area contributed by atoms with Gasteiger partial charge < -0.3 is 13.3 Å². The third kappa shape index (κ3) is 6.76. The van der Waals surface area contributed by atoms with Crippen LogP contribution in [0.5, 0.6) is 0 Å². The third-order valence-electron chi connectivity index (χ3n) is 1.46. The molecule has 0 aliphatic rings. The number of hydrogen-bond donors (Lipinski definition) is 0. The van der Waals surface area contributed by atoms with E-state index >= 15 is 0 Å². The van der Waals surface area contributed by atoms with E-state index in [4.69, 9.17) is 18.8 Å². The molecule has 0 heterocycles. The van der Waals surface area contributed by atoms with Crippen LogP contribution in [0.1, 0.15) is 6.92 Å². The molecule has 0 fully saturated rings. The highest BCUT2D eigenvalue weighted by atomic mass is 28.4. The molecule has 0 unspecified atom stereocenters. The molecule has 0 radical (unpaired) electrons. The molecule has 0 rings (SSSR count). The highest BCUT2D eigenvalue weighted by Gasteiger charge is 2.34. The number of nitrogens with zero attached hydrogens (tertiary/aromatic N) is 3. The lowest BCUT2D eigenvalue weighted by Crippen LogP contribution is -2.41. The Labute approximate surface area is 82.7 Å². The lowest BCUT2D eigenvalue weighted by molar-refractivity contribution is 0.125. The first-order valence-electron chi connectivity index (χ1n) is 3.74. The van der Waals surface area contributed by atoms with E-state index in [2.05, 4.69) is 9.69 Å². The van der Waals surface area contributed by atoms with E-state index in [9.17, 15) is 0 Å². The minimum atomic E-state index is -2.19. The van der Waals surface area contributed by atoms with E-state index < -0.39 is 8.80 Å². The molecule has 0 saturated carbocycles. The zero-order chi connectivity index (χ0) is 10.7. The summed E-state index contributed by atoms with van der Waals surface area (Å²) in [5.41, 5.74) is 7.37. The maximum absolute atomic E-state index is 7.37. The van der Waals surface area contributed by atoms with Gasteiger partial charge in [-0.05, 0) is 10.4 Å². The molecule has 0 aromatic carbocycles. The van der Waals surface area contributed by atoms with Gasteiger partial charge >= 0.3 is 8.80 Å². The van der Waals surface area contributed by atoms with Crippen molar-refractivity contribution in [2.75, 3.05) is 21.3 Å². The van der Waals surface area contributed by atoms with E-state index in [1.165, 1.54) is 0 Å². The fourth-order valence-electron chi connectivity index (χ4n) is 0.683. The van der Waals surface area contributed by atoms with Gasteiger partial charge in [0.2, 0.25) is 0 Å². The monoisotopic (exact) mass is 223 g/mol. The molecule has 0 atom stereocenters. The Kier molecular flexibility index (Phi) is 11.3. The Bertz CT molecular complexity index is 142. The summed E-state index contributed by atoms with van der Waals surface area (Å²) >= 11 is 0. The van der Waals surface area contributed by atoms with Crippen molar-refractivity contribution in [3.8, 4) is 0 Å². The van der Waals surface area contributed by atoms with Crippen molar-refractivity contribution in [1.82, 2.24) is 0 Å². The van der Waals surface area contributed by atoms with Gasteiger partial charge in [0, 0.05) is 27.4 Å². The molecule has 0 aliphatic carbocycles. The third-order valence-corrected chi connectivity index (χ3v) is 4.37. The van der Waals surface area contributed by atoms with Gasteiger partial charge in [-0.1, -0.05) is 6.92 Å². The average molecular weight is 223 g/mol. The molecule has 0 aromatic rings. The van der Waals surface area contributed by atoms with Crippen molar-refractivity contribution >= 4 is 19.2 Å². The van der Waals surface area contributed by atoms with Crippen LogP contribution in [0.4, 0.5) is 0 Å². The van der Waals surface area contributed by atoms with Crippen LogP contribution in [0.25, 0.3) is 10.4 Å². The summed E-state index contributed by atoms with van der Waals surface area (Å²) in [5, 5.41) is 0. The molecule has 0 spiro atoms. The Morgan fingerprint density at radius 2 is 1.62 bits per heavy atom. The average Bonchev–Trinajstić information content (AvgIpc) is 2.23. The first kappa shape index (κ1) is 15.1. The molecule has 6 nitrogen and oxygen atoms in total. The first-order chi connectivity index (χ1) is 6.16. The van der Waals surface area contributed by atoms with Crippen LogP contribution in [0, 0.1) is 0 Å². The highest BCUT2D eigenvalue weighted by Crippen LogP contribution is 2.10. The van der Waals surface area contributed by atoms with Crippen LogP contribution in [-0.4, -0.2) is 40.5 Å². The van der Waals surface area contributed by atoms with Crippen LogP contribution in [0.2, 0.25) is 6.04 Å². The van der Waals surface area contributed by atoms with E-state index in [0.717, 1.165) is 6.04 Å². The summed E-state index contributed by atoms with van der Waals surface area (Å²) in [6.07, 6.45) is 0. The van der Waals surface area contributed by atoms with Gasteiger partial charge in [0.05, 0.1) is 0 Å². The molecule has 0 amide bonds. The van der Waals surface area contributed by atoms with E-state index in [0.29, 0.717) is 10.4 Å². The number of azide groups is 1. The summed E-state index contributed by atoms with van der Waals surface area (Å²) in [5.74, 6) is 0. The molecular formula is C5H17N3O3Si2. The molecule has 0 aliphatic heterocycles. The number of hydrogen-bond acceptors (Lipinski definition) is 4. The minimum absolute atomic E-state index is 0.598. The molecule has 78 valence electrons. The quantitative estimate of drug-likeness (QED) is 0.301. The molecular weight excluding hydrogens is 206 g/mol. The van der Waals surface area contributed by atoms with Gasteiger partial charge in [0.25, 0.3) is 0 Å². The Morgan fingerprint density at radius 3 is 1.62 bits per heavy atom. The van der Waals surface area contributed by atoms with Crippen molar-refractivity contribution in [2.24, 2.45) is 4.78 Å². The summed E-state index contributed by atoms with van der Waals surface area (Å²) < 4.78 is 18.3. The molecule has 0 saturated heterocycles. The molecule has 0 aromatic heterocycles. The Morgan fingerprint density at radius 1 is 1.31 bits per heavy atom. The van der Waals surface area contributed by atoms with Crippen molar-refractivity contribution in [3.63, 3.8) is 0 Å². The first-order valence-corrected chi connectivity index (χ1v) is 6.57. The second-order valence-corrected chi connectivity index (χ2v) is 5.64. The minimum Gasteiger partial charge on any atom is -0.377 e. The summed E-state index contributed by atoms with van der Waals surface area (Å²) in [6, 6.07) is 0.816. The van der Waals surface area contributed by atoms with Crippen LogP contribution in [0.15, 0.2) is 4.78 Å². The molecule has 0 N–H and O–H groups in total. The summed E-state index contributed by atoms with van der Waals surface area (Å²) in [7, 11) is 3.25. The second kappa shape index (κ2) is 9.71. The maximum Gasteiger partial charge on any atom is 0.499 e. The van der Waals surface area contributed by atoms with Crippen molar-refractivity contribution in [1.29, 1.82) is 0 Å². The largest absolute Gasteiger partial charge is 0.499 e. The Balaban J connectivity index is 0. The fourth-order valence-corrected chi connectivity index (χ4v) is 2.05. The highest BCUT2D eigenvalue weighted by molar-refractivity contribution is 6.60. The van der Waals surface area contributed by atoms with Crippen LogP contribution < -0.4 is 0 Å². The Hall–Kier alpha value is -0.376. The van der Waals surface area contributed by atoms with Gasteiger partial charge in [0.1, 0.15) is 10.4 Å². The van der Waals surface area contributed by atoms with E-state index in [1.807, 2.05) is 6.92 Å². The lowest BCUT2D eigenvalue weighted by atomic mass is 11.0. The predicted molar refractivity (Wildman–Crippen MR) is 56.3 cm³/mol. The topological polar surface area (TPSA) is 76.5 Å². The molecule has 0 bridgehead atoms. The van der Waals surface area contributed by atoms with Crippen molar-refractivity contribution in [3.05, 3.63) is 10.4 Å². The van der Waals surface area contributed by atoms with E-state index in [-0.39, 0.29) is 0 Å². The van der Waals surface area contributed by atoms with E-state index in [1.54, 1.807) is 21.3 Å². The normalized spacial score (nSPS) is 9.85. The standard InChI is InChI=1S/C5H14O3Si.H3N3Si/c1-5-9(6-2,7-3)8-4;1-2-3-4/h5H2,1-4H3;4H3. The van der Waals surface area contributed by atoms with Crippen molar-refractivity contribution < 1.29 is 13.3 Å². The van der Waals surface area contributed by atoms with Gasteiger partial charge in [-0.2, -0.15) is 0 Å². The molecule has 8 heteroatoms. The van der Waals surface area contributed by atoms with Crippen LogP contribution >= 0.6 is 0 Å². The van der Waals surface area contributed by atoms with Gasteiger partial charge in [0.15, 0.2) is 0 Å². The predicted octanol–water partition coefficient (Wildman–Crippen LogP) is 0.462. The zero-order valence-electron chi connectivity index (χ0n) is 8.77. The SMILES string of the molecule is CC[Si](OC)(OC)OC.[N-]=[N+]=N[SiH3]. The molecule has 13 heavy (non-hydrogen) atoms. The second-order valence-electron chi connectivity index (χ2n) is 1.94. The van der Waals surface area contributed by atoms with Gasteiger partial charge in [-0.15, -0.1) is 4.78 Å². The fraction of sp³-hybridized carbons (Fsp3) is 1.00. The summed E-state index contributed by atoms with van der Waals surface area (Å²) in [6.45, 7) is 1.99. The van der Waals surface area contributed by atoms with Gasteiger partial charge in [-0.3, -0.25) is 0 Å². The van der Waals surface area contributed by atoms with Crippen LogP contribution in [0.3, 0.4) is 0 Å². The van der Waals surface area contributed by atoms with Gasteiger partial charge in [-0.25, -0.2) is 0 Å². The summed E-state index contributed by atoms with van der Waals surface area (Å²) in [4.78, 5) is 2.42. The lowest BCUT2D eigenvalue weighted by Gasteiger charge is -2.22. The zero-order valence-corrected chi connectivity index (χ0v) is 11.8. The van der Waals surface area contributed by atoms with Crippen molar-refractivity contribution in [2.45, 2.75) is 13.0 Å². The van der Waals surface area contributed by atoms with Crippen LogP contribution in [-0.2, 0) is 13.3 Å². The number of rotatable bonds is 4. The maximum atomic E-state index is 7.37. The smallest absolute Gasteiger partial charge is 0.377 e.